The van der Waals surface area contributed by atoms with Crippen LogP contribution >= 0.6 is 0 Å². The summed E-state index contributed by atoms with van der Waals surface area (Å²) in [6.45, 7) is 0.792. The molecule has 1 aromatic heterocycles. The zero-order valence-corrected chi connectivity index (χ0v) is 18.7. The molecule has 0 fully saturated rings. The average molecular weight is 454 g/mol. The van der Waals surface area contributed by atoms with Crippen LogP contribution in [0.25, 0.3) is 17.2 Å². The molecule has 0 radical (unpaired) electrons. The van der Waals surface area contributed by atoms with Gasteiger partial charge in [-0.15, -0.1) is 0 Å². The van der Waals surface area contributed by atoms with Gasteiger partial charge < -0.3 is 10.0 Å². The molecule has 0 aliphatic carbocycles. The number of hydrogen-bond donors (Lipinski definition) is 1. The molecule has 170 valence electrons. The molecule has 1 aliphatic rings. The highest BCUT2D eigenvalue weighted by atomic mass is 19.1. The normalized spacial score (nSPS) is 15.5. The first-order valence-electron chi connectivity index (χ1n) is 11.1. The van der Waals surface area contributed by atoms with E-state index >= 15 is 0 Å². The minimum absolute atomic E-state index is 0.0466. The van der Waals surface area contributed by atoms with Gasteiger partial charge in [-0.2, -0.15) is 5.10 Å². The number of aliphatic carboxylic acids is 1. The van der Waals surface area contributed by atoms with Crippen LogP contribution in [0.1, 0.15) is 28.3 Å². The lowest BCUT2D eigenvalue weighted by atomic mass is 9.86. The van der Waals surface area contributed by atoms with Gasteiger partial charge >= 0.3 is 5.97 Å². The van der Waals surface area contributed by atoms with E-state index in [2.05, 4.69) is 28.2 Å². The first-order chi connectivity index (χ1) is 16.5. The van der Waals surface area contributed by atoms with Gasteiger partial charge in [0, 0.05) is 37.1 Å². The fraction of sp³-hybridized carbons (Fsp3) is 0.143. The molecule has 2 heterocycles. The standard InChI is InChI=1S/C28H24FN3O2/c1-31-18-23(17-30-31)21-7-12-26-22(16-21)14-15-32(25-10-8-24(29)9-11-25)28(26)20-5-2-19(3-6-20)4-13-27(33)34/h2-13,16-18,28H,14-15H2,1H3,(H,33,34)/b13-4+. The summed E-state index contributed by atoms with van der Waals surface area (Å²) < 4.78 is 15.4. The number of benzene rings is 3. The van der Waals surface area contributed by atoms with Gasteiger partial charge in [0.1, 0.15) is 5.82 Å². The van der Waals surface area contributed by atoms with Crippen LogP contribution in [0, 0.1) is 5.82 Å². The second-order valence-corrected chi connectivity index (χ2v) is 8.48. The van der Waals surface area contributed by atoms with Crippen molar-refractivity contribution in [1.29, 1.82) is 0 Å². The maximum Gasteiger partial charge on any atom is 0.328 e. The summed E-state index contributed by atoms with van der Waals surface area (Å²) in [6, 6.07) is 21.0. The highest BCUT2D eigenvalue weighted by Gasteiger charge is 2.29. The number of nitrogens with zero attached hydrogens (tertiary/aromatic N) is 3. The van der Waals surface area contributed by atoms with Crippen molar-refractivity contribution in [2.45, 2.75) is 12.5 Å². The second-order valence-electron chi connectivity index (χ2n) is 8.48. The molecule has 4 aromatic rings. The molecule has 0 saturated heterocycles. The van der Waals surface area contributed by atoms with Crippen molar-refractivity contribution >= 4 is 17.7 Å². The molecule has 1 N–H and O–H groups in total. The molecular formula is C28H24FN3O2. The van der Waals surface area contributed by atoms with Gasteiger partial charge in [-0.25, -0.2) is 9.18 Å². The molecule has 0 spiro atoms. The van der Waals surface area contributed by atoms with E-state index < -0.39 is 5.97 Å². The van der Waals surface area contributed by atoms with E-state index in [1.807, 2.05) is 55.8 Å². The summed E-state index contributed by atoms with van der Waals surface area (Å²) >= 11 is 0. The van der Waals surface area contributed by atoms with Crippen LogP contribution in [-0.2, 0) is 18.3 Å². The first-order valence-corrected chi connectivity index (χ1v) is 11.1. The van der Waals surface area contributed by atoms with Crippen molar-refractivity contribution < 1.29 is 14.3 Å². The largest absolute Gasteiger partial charge is 0.478 e. The van der Waals surface area contributed by atoms with Crippen molar-refractivity contribution in [3.63, 3.8) is 0 Å². The van der Waals surface area contributed by atoms with Crippen LogP contribution in [0.4, 0.5) is 10.1 Å². The molecule has 1 atom stereocenters. The molecule has 3 aromatic carbocycles. The van der Waals surface area contributed by atoms with Crippen LogP contribution in [0.5, 0.6) is 0 Å². The summed E-state index contributed by atoms with van der Waals surface area (Å²) in [4.78, 5) is 13.2. The molecule has 0 amide bonds. The molecule has 1 unspecified atom stereocenters. The number of halogens is 1. The van der Waals surface area contributed by atoms with E-state index in [-0.39, 0.29) is 11.9 Å². The summed E-state index contributed by atoms with van der Waals surface area (Å²) in [5.74, 6) is -1.23. The summed E-state index contributed by atoms with van der Waals surface area (Å²) in [5.41, 5.74) is 7.57. The molecule has 0 bridgehead atoms. The zero-order valence-electron chi connectivity index (χ0n) is 18.7. The predicted octanol–water partition coefficient (Wildman–Crippen LogP) is 5.48. The number of carboxylic acids is 1. The van der Waals surface area contributed by atoms with Crippen molar-refractivity contribution in [2.24, 2.45) is 7.05 Å². The van der Waals surface area contributed by atoms with Crippen LogP contribution in [0.15, 0.2) is 85.2 Å². The van der Waals surface area contributed by atoms with E-state index in [4.69, 9.17) is 5.11 Å². The number of fused-ring (bicyclic) bond motifs is 1. The number of aromatic nitrogens is 2. The Morgan fingerprint density at radius 3 is 2.50 bits per heavy atom. The SMILES string of the molecule is Cn1cc(-c2ccc3c(c2)CCN(c2ccc(F)cc2)C3c2ccc(/C=C/C(=O)O)cc2)cn1. The van der Waals surface area contributed by atoms with Gasteiger partial charge in [-0.3, -0.25) is 4.68 Å². The minimum atomic E-state index is -0.975. The molecule has 5 rings (SSSR count). The topological polar surface area (TPSA) is 58.4 Å². The van der Waals surface area contributed by atoms with Gasteiger partial charge in [-0.05, 0) is 64.6 Å². The number of aryl methyl sites for hydroxylation is 1. The lowest BCUT2D eigenvalue weighted by Crippen LogP contribution is -2.36. The fourth-order valence-corrected chi connectivity index (χ4v) is 4.60. The van der Waals surface area contributed by atoms with E-state index in [1.165, 1.54) is 23.3 Å². The number of anilines is 1. The third-order valence-electron chi connectivity index (χ3n) is 6.24. The molecule has 6 heteroatoms. The Morgan fingerprint density at radius 1 is 1.06 bits per heavy atom. The van der Waals surface area contributed by atoms with Crippen LogP contribution < -0.4 is 4.90 Å². The Hall–Kier alpha value is -4.19. The van der Waals surface area contributed by atoms with Crippen molar-refractivity contribution in [1.82, 2.24) is 9.78 Å². The van der Waals surface area contributed by atoms with Gasteiger partial charge in [-0.1, -0.05) is 42.5 Å². The molecule has 1 aliphatic heterocycles. The highest BCUT2D eigenvalue weighted by molar-refractivity contribution is 5.85. The van der Waals surface area contributed by atoms with Crippen molar-refractivity contribution in [3.8, 4) is 11.1 Å². The van der Waals surface area contributed by atoms with E-state index in [1.54, 1.807) is 10.8 Å². The number of carboxylic acid groups (broad SMARTS) is 1. The van der Waals surface area contributed by atoms with Crippen LogP contribution in [-0.4, -0.2) is 27.4 Å². The van der Waals surface area contributed by atoms with Gasteiger partial charge in [0.2, 0.25) is 0 Å². The minimum Gasteiger partial charge on any atom is -0.478 e. The Labute approximate surface area is 197 Å². The van der Waals surface area contributed by atoms with E-state index in [0.717, 1.165) is 47.0 Å². The molecule has 0 saturated carbocycles. The van der Waals surface area contributed by atoms with E-state index in [9.17, 15) is 9.18 Å². The lowest BCUT2D eigenvalue weighted by Gasteiger charge is -2.39. The Bertz CT molecular complexity index is 1360. The zero-order chi connectivity index (χ0) is 23.7. The van der Waals surface area contributed by atoms with Crippen LogP contribution in [0.2, 0.25) is 0 Å². The maximum atomic E-state index is 13.6. The highest BCUT2D eigenvalue weighted by Crippen LogP contribution is 2.39. The first kappa shape index (κ1) is 21.6. The Kier molecular flexibility index (Phi) is 5.72. The summed E-state index contributed by atoms with van der Waals surface area (Å²) in [5, 5.41) is 13.2. The Balaban J connectivity index is 1.57. The molecule has 34 heavy (non-hydrogen) atoms. The quantitative estimate of drug-likeness (QED) is 0.407. The van der Waals surface area contributed by atoms with Gasteiger partial charge in [0.15, 0.2) is 0 Å². The van der Waals surface area contributed by atoms with Crippen LogP contribution in [0.3, 0.4) is 0 Å². The molecule has 5 nitrogen and oxygen atoms in total. The third-order valence-corrected chi connectivity index (χ3v) is 6.24. The number of hydrogen-bond acceptors (Lipinski definition) is 3. The Morgan fingerprint density at radius 2 is 1.82 bits per heavy atom. The average Bonchev–Trinajstić information content (AvgIpc) is 3.29. The monoisotopic (exact) mass is 453 g/mol. The molecular weight excluding hydrogens is 429 g/mol. The van der Waals surface area contributed by atoms with Gasteiger partial charge in [0.25, 0.3) is 0 Å². The summed E-state index contributed by atoms with van der Waals surface area (Å²) in [7, 11) is 1.91. The number of rotatable bonds is 5. The predicted molar refractivity (Wildman–Crippen MR) is 131 cm³/mol. The maximum absolute atomic E-state index is 13.6. The summed E-state index contributed by atoms with van der Waals surface area (Å²) in [6.07, 6.45) is 7.47. The third kappa shape index (κ3) is 4.35. The van der Waals surface area contributed by atoms with Gasteiger partial charge in [0.05, 0.1) is 12.2 Å². The smallest absolute Gasteiger partial charge is 0.328 e. The van der Waals surface area contributed by atoms with Crippen molar-refractivity contribution in [2.75, 3.05) is 11.4 Å². The van der Waals surface area contributed by atoms with E-state index in [0.29, 0.717) is 0 Å². The fourth-order valence-electron chi connectivity index (χ4n) is 4.60. The second kappa shape index (κ2) is 8.98. The number of carbonyl (C=O) groups is 1. The van der Waals surface area contributed by atoms with Crippen molar-refractivity contribution in [3.05, 3.63) is 113 Å². The lowest BCUT2D eigenvalue weighted by molar-refractivity contribution is -0.131.